The van der Waals surface area contributed by atoms with E-state index < -0.39 is 15.4 Å². The van der Waals surface area contributed by atoms with Gasteiger partial charge < -0.3 is 9.55 Å². The molecule has 0 spiro atoms. The summed E-state index contributed by atoms with van der Waals surface area (Å²) in [4.78, 5) is 3.08. The molecule has 19 heavy (non-hydrogen) atoms. The van der Waals surface area contributed by atoms with Gasteiger partial charge in [0.05, 0.1) is 33.1 Å². The van der Waals surface area contributed by atoms with Gasteiger partial charge >= 0.3 is 0 Å². The molecule has 102 valence electrons. The Balaban J connectivity index is 2.30. The molecule has 1 N–H and O–H groups in total. The van der Waals surface area contributed by atoms with Gasteiger partial charge in [-0.1, -0.05) is 17.7 Å². The molecule has 4 nitrogen and oxygen atoms in total. The molecular formula is C12H13ClN2O2S2. The van der Waals surface area contributed by atoms with E-state index in [0.29, 0.717) is 16.2 Å². The first-order valence-electron chi connectivity index (χ1n) is 5.93. The van der Waals surface area contributed by atoms with E-state index in [1.54, 1.807) is 6.07 Å². The Morgan fingerprint density at radius 2 is 2.21 bits per heavy atom. The predicted molar refractivity (Wildman–Crippen MR) is 79.1 cm³/mol. The molecule has 2 aromatic rings. The van der Waals surface area contributed by atoms with Crippen LogP contribution in [0.15, 0.2) is 18.2 Å². The molecule has 0 saturated carbocycles. The van der Waals surface area contributed by atoms with Gasteiger partial charge in [-0.15, -0.1) is 0 Å². The topological polar surface area (TPSA) is 54.9 Å². The molecular weight excluding hydrogens is 304 g/mol. The van der Waals surface area contributed by atoms with Crippen LogP contribution in [0.25, 0.3) is 11.0 Å². The van der Waals surface area contributed by atoms with Crippen molar-refractivity contribution < 1.29 is 8.42 Å². The maximum atomic E-state index is 11.8. The highest BCUT2D eigenvalue weighted by molar-refractivity contribution is 7.91. The first kappa shape index (κ1) is 13.1. The highest BCUT2D eigenvalue weighted by Crippen LogP contribution is 2.35. The van der Waals surface area contributed by atoms with E-state index >= 15 is 0 Å². The third-order valence-corrected chi connectivity index (χ3v) is 6.18. The summed E-state index contributed by atoms with van der Waals surface area (Å²) in [7, 11) is -2.99. The van der Waals surface area contributed by atoms with Crippen molar-refractivity contribution in [2.45, 2.75) is 18.9 Å². The Labute approximate surface area is 121 Å². The number of rotatable bonds is 1. The van der Waals surface area contributed by atoms with Crippen molar-refractivity contribution in [1.82, 2.24) is 9.55 Å². The number of hydrogen-bond acceptors (Lipinski definition) is 3. The number of nitrogens with zero attached hydrogens (tertiary/aromatic N) is 1. The van der Waals surface area contributed by atoms with Gasteiger partial charge in [0.2, 0.25) is 0 Å². The zero-order valence-corrected chi connectivity index (χ0v) is 12.7. The number of benzene rings is 1. The Kier molecular flexibility index (Phi) is 2.82. The average molecular weight is 317 g/mol. The molecule has 7 heteroatoms. The quantitative estimate of drug-likeness (QED) is 0.823. The van der Waals surface area contributed by atoms with Gasteiger partial charge in [-0.25, -0.2) is 8.42 Å². The molecule has 1 unspecified atom stereocenters. The summed E-state index contributed by atoms with van der Waals surface area (Å²) in [6, 6.07) is 5.54. The summed E-state index contributed by atoms with van der Waals surface area (Å²) >= 11 is 11.5. The van der Waals surface area contributed by atoms with E-state index in [1.165, 1.54) is 0 Å². The third-order valence-electron chi connectivity index (χ3n) is 3.69. The Bertz CT molecular complexity index is 822. The predicted octanol–water partition coefficient (Wildman–Crippen LogP) is 2.89. The van der Waals surface area contributed by atoms with Crippen molar-refractivity contribution in [2.24, 2.45) is 0 Å². The molecule has 0 radical (unpaired) electrons. The normalized spacial score (nSPS) is 26.0. The number of halogens is 1. The minimum Gasteiger partial charge on any atom is -0.329 e. The number of sulfone groups is 1. The van der Waals surface area contributed by atoms with Crippen LogP contribution in [0, 0.1) is 4.77 Å². The Morgan fingerprint density at radius 3 is 2.84 bits per heavy atom. The van der Waals surface area contributed by atoms with Gasteiger partial charge in [0.25, 0.3) is 0 Å². The van der Waals surface area contributed by atoms with Crippen molar-refractivity contribution in [3.05, 3.63) is 28.0 Å². The molecule has 3 rings (SSSR count). The lowest BCUT2D eigenvalue weighted by Gasteiger charge is -2.25. The summed E-state index contributed by atoms with van der Waals surface area (Å²) in [5, 5.41) is 0.590. The second kappa shape index (κ2) is 4.07. The van der Waals surface area contributed by atoms with Crippen molar-refractivity contribution in [1.29, 1.82) is 0 Å². The van der Waals surface area contributed by atoms with Gasteiger partial charge in [-0.05, 0) is 37.7 Å². The van der Waals surface area contributed by atoms with Gasteiger partial charge in [0.15, 0.2) is 14.6 Å². The summed E-state index contributed by atoms with van der Waals surface area (Å²) in [6.07, 6.45) is 0.573. The first-order valence-corrected chi connectivity index (χ1v) is 8.53. The third kappa shape index (κ3) is 2.02. The fourth-order valence-electron chi connectivity index (χ4n) is 2.80. The molecule has 2 heterocycles. The van der Waals surface area contributed by atoms with Crippen LogP contribution >= 0.6 is 23.8 Å². The number of fused-ring (bicyclic) bond motifs is 1. The second-order valence-corrected chi connectivity index (χ2v) is 8.22. The van der Waals surface area contributed by atoms with Crippen molar-refractivity contribution in [3.63, 3.8) is 0 Å². The number of imidazole rings is 1. The molecule has 1 aromatic heterocycles. The van der Waals surface area contributed by atoms with E-state index in [4.69, 9.17) is 23.8 Å². The average Bonchev–Trinajstić information content (AvgIpc) is 2.77. The first-order chi connectivity index (χ1) is 8.82. The molecule has 1 aromatic carbocycles. The highest BCUT2D eigenvalue weighted by Gasteiger charge is 2.41. The maximum absolute atomic E-state index is 11.8. The fourth-order valence-corrected chi connectivity index (χ4v) is 5.55. The molecule has 0 bridgehead atoms. The van der Waals surface area contributed by atoms with Crippen LogP contribution in [-0.2, 0) is 15.4 Å². The lowest BCUT2D eigenvalue weighted by Crippen LogP contribution is -2.31. The largest absolute Gasteiger partial charge is 0.329 e. The minimum absolute atomic E-state index is 0.119. The smallest absolute Gasteiger partial charge is 0.178 e. The molecule has 0 amide bonds. The number of hydrogen-bond donors (Lipinski definition) is 1. The van der Waals surface area contributed by atoms with Gasteiger partial charge in [0.1, 0.15) is 0 Å². The standard InChI is InChI=1S/C12H13ClN2O2S2/c1-12(5-6-19(16,17)7-12)15-9-4-2-3-8(13)10(9)14-11(15)18/h2-4H,5-7H2,1H3,(H,14,18). The molecule has 1 atom stereocenters. The number of aromatic nitrogens is 2. The van der Waals surface area contributed by atoms with E-state index in [2.05, 4.69) is 4.98 Å². The van der Waals surface area contributed by atoms with E-state index in [0.717, 1.165) is 11.0 Å². The number of aromatic amines is 1. The summed E-state index contributed by atoms with van der Waals surface area (Å²) in [5.74, 6) is 0.326. The van der Waals surface area contributed by atoms with Crippen LogP contribution in [0.1, 0.15) is 13.3 Å². The summed E-state index contributed by atoms with van der Waals surface area (Å²) < 4.78 is 26.0. The zero-order valence-electron chi connectivity index (χ0n) is 10.3. The van der Waals surface area contributed by atoms with Crippen molar-refractivity contribution in [2.75, 3.05) is 11.5 Å². The maximum Gasteiger partial charge on any atom is 0.178 e. The van der Waals surface area contributed by atoms with E-state index in [1.807, 2.05) is 23.6 Å². The van der Waals surface area contributed by atoms with Crippen LogP contribution in [0.2, 0.25) is 5.02 Å². The number of nitrogens with one attached hydrogen (secondary N) is 1. The number of H-pyrrole nitrogens is 1. The minimum atomic E-state index is -2.99. The van der Waals surface area contributed by atoms with Crippen LogP contribution < -0.4 is 0 Å². The zero-order chi connectivity index (χ0) is 13.8. The van der Waals surface area contributed by atoms with Crippen LogP contribution in [0.5, 0.6) is 0 Å². The fraction of sp³-hybridized carbons (Fsp3) is 0.417. The lowest BCUT2D eigenvalue weighted by molar-refractivity contribution is 0.372. The highest BCUT2D eigenvalue weighted by atomic mass is 35.5. The van der Waals surface area contributed by atoms with Crippen molar-refractivity contribution in [3.8, 4) is 0 Å². The van der Waals surface area contributed by atoms with Gasteiger partial charge in [-0.2, -0.15) is 0 Å². The second-order valence-electron chi connectivity index (χ2n) is 5.24. The lowest BCUT2D eigenvalue weighted by atomic mass is 10.0. The van der Waals surface area contributed by atoms with Gasteiger partial charge in [-0.3, -0.25) is 0 Å². The summed E-state index contributed by atoms with van der Waals surface area (Å²) in [6.45, 7) is 1.93. The number of para-hydroxylation sites is 1. The van der Waals surface area contributed by atoms with Crippen LogP contribution in [0.4, 0.5) is 0 Å². The molecule has 1 aliphatic heterocycles. The van der Waals surface area contributed by atoms with E-state index in [-0.39, 0.29) is 11.5 Å². The van der Waals surface area contributed by atoms with Crippen LogP contribution in [0.3, 0.4) is 0 Å². The summed E-state index contributed by atoms with van der Waals surface area (Å²) in [5.41, 5.74) is 1.12. The SMILES string of the molecule is CC1(n2c(=S)[nH]c3c(Cl)cccc32)CCS(=O)(=O)C1. The Morgan fingerprint density at radius 1 is 1.47 bits per heavy atom. The molecule has 1 fully saturated rings. The monoisotopic (exact) mass is 316 g/mol. The molecule has 0 aliphatic carbocycles. The van der Waals surface area contributed by atoms with E-state index in [9.17, 15) is 8.42 Å². The molecule has 1 saturated heterocycles. The molecule has 1 aliphatic rings. The van der Waals surface area contributed by atoms with Crippen molar-refractivity contribution >= 4 is 44.7 Å². The Hall–Kier alpha value is -0.850. The van der Waals surface area contributed by atoms with Crippen LogP contribution in [-0.4, -0.2) is 29.5 Å². The van der Waals surface area contributed by atoms with Gasteiger partial charge in [0, 0.05) is 0 Å².